The Morgan fingerprint density at radius 3 is 2.53 bits per heavy atom. The van der Waals surface area contributed by atoms with Crippen LogP contribution in [-0.4, -0.2) is 56.7 Å². The van der Waals surface area contributed by atoms with Gasteiger partial charge in [0, 0.05) is 43.4 Å². The summed E-state index contributed by atoms with van der Waals surface area (Å²) in [6, 6.07) is 11.3. The first kappa shape index (κ1) is 22.9. The molecule has 3 amide bonds. The number of hydrogen-bond acceptors (Lipinski definition) is 6. The predicted molar refractivity (Wildman–Crippen MR) is 118 cm³/mol. The number of ether oxygens (including phenoxy) is 2. The fourth-order valence-electron chi connectivity index (χ4n) is 3.52. The number of carbonyl (C=O) groups is 3. The van der Waals surface area contributed by atoms with Crippen LogP contribution in [0.3, 0.4) is 0 Å². The zero-order chi connectivity index (χ0) is 23.1. The first-order chi connectivity index (χ1) is 15.4. The van der Waals surface area contributed by atoms with Gasteiger partial charge in [-0.1, -0.05) is 6.07 Å². The number of nitrogens with zero attached hydrogens (tertiary/aromatic N) is 1. The predicted octanol–water partition coefficient (Wildman–Crippen LogP) is 1.70. The van der Waals surface area contributed by atoms with E-state index in [2.05, 4.69) is 10.6 Å². The van der Waals surface area contributed by atoms with Crippen molar-refractivity contribution in [3.05, 3.63) is 48.0 Å². The van der Waals surface area contributed by atoms with Crippen LogP contribution in [0.4, 0.5) is 5.69 Å². The summed E-state index contributed by atoms with van der Waals surface area (Å²) < 4.78 is 10.5. The molecule has 1 unspecified atom stereocenters. The largest absolute Gasteiger partial charge is 0.508 e. The summed E-state index contributed by atoms with van der Waals surface area (Å²) >= 11 is 0. The Morgan fingerprint density at radius 1 is 1.06 bits per heavy atom. The maximum Gasteiger partial charge on any atom is 0.251 e. The highest BCUT2D eigenvalue weighted by Crippen LogP contribution is 2.34. The Kier molecular flexibility index (Phi) is 7.54. The van der Waals surface area contributed by atoms with Crippen LogP contribution in [0, 0.1) is 5.92 Å². The van der Waals surface area contributed by atoms with Crippen molar-refractivity contribution in [3.63, 3.8) is 0 Å². The molecule has 2 aromatic rings. The second-order valence-electron chi connectivity index (χ2n) is 7.40. The van der Waals surface area contributed by atoms with E-state index >= 15 is 0 Å². The molecule has 1 aliphatic heterocycles. The maximum atomic E-state index is 12.5. The molecule has 3 rings (SSSR count). The molecule has 3 N–H and O–H groups in total. The van der Waals surface area contributed by atoms with E-state index in [0.29, 0.717) is 42.3 Å². The first-order valence-electron chi connectivity index (χ1n) is 10.3. The molecular formula is C23H27N3O6. The molecule has 170 valence electrons. The van der Waals surface area contributed by atoms with Gasteiger partial charge in [-0.15, -0.1) is 0 Å². The van der Waals surface area contributed by atoms with Crippen molar-refractivity contribution < 1.29 is 29.0 Å². The molecule has 9 heteroatoms. The Morgan fingerprint density at radius 2 is 1.81 bits per heavy atom. The van der Waals surface area contributed by atoms with Gasteiger partial charge in [-0.05, 0) is 36.8 Å². The average molecular weight is 441 g/mol. The van der Waals surface area contributed by atoms with Crippen LogP contribution in [0.5, 0.6) is 17.2 Å². The minimum absolute atomic E-state index is 0.0261. The van der Waals surface area contributed by atoms with E-state index in [1.165, 1.54) is 26.4 Å². The molecular weight excluding hydrogens is 414 g/mol. The van der Waals surface area contributed by atoms with Gasteiger partial charge in [0.2, 0.25) is 11.8 Å². The second-order valence-corrected chi connectivity index (χ2v) is 7.40. The molecule has 1 fully saturated rings. The number of rotatable bonds is 9. The normalized spacial score (nSPS) is 15.4. The van der Waals surface area contributed by atoms with Gasteiger partial charge in [0.15, 0.2) is 11.5 Å². The Balaban J connectivity index is 1.44. The van der Waals surface area contributed by atoms with Crippen molar-refractivity contribution in [1.82, 2.24) is 10.6 Å². The lowest BCUT2D eigenvalue weighted by molar-refractivity contribution is -0.126. The van der Waals surface area contributed by atoms with E-state index in [-0.39, 0.29) is 36.4 Å². The quantitative estimate of drug-likeness (QED) is 0.510. The fraction of sp³-hybridized carbons (Fsp3) is 0.348. The molecule has 9 nitrogen and oxygen atoms in total. The number of carbonyl (C=O) groups excluding carboxylic acids is 3. The number of aromatic hydroxyl groups is 1. The van der Waals surface area contributed by atoms with Crippen LogP contribution in [0.15, 0.2) is 42.5 Å². The number of phenols is 1. The van der Waals surface area contributed by atoms with Crippen LogP contribution in [-0.2, 0) is 9.59 Å². The summed E-state index contributed by atoms with van der Waals surface area (Å²) in [4.78, 5) is 38.6. The van der Waals surface area contributed by atoms with E-state index in [0.717, 1.165) is 0 Å². The molecule has 0 aliphatic carbocycles. The number of nitrogens with one attached hydrogen (secondary N) is 2. The first-order valence-corrected chi connectivity index (χ1v) is 10.3. The van der Waals surface area contributed by atoms with Crippen molar-refractivity contribution in [1.29, 1.82) is 0 Å². The molecule has 0 saturated carbocycles. The highest BCUT2D eigenvalue weighted by molar-refractivity contribution is 6.00. The standard InChI is InChI=1S/C23H27N3O6/c1-31-19-8-7-17(13-20(19)32-2)26-14-16(12-21(26)28)23(30)25-10-4-9-24-22(29)15-5-3-6-18(27)11-15/h3,5-8,11,13,16,27H,4,9-10,12,14H2,1-2H3,(H,24,29)(H,25,30). The third-order valence-electron chi connectivity index (χ3n) is 5.22. The van der Waals surface area contributed by atoms with Gasteiger partial charge in [-0.2, -0.15) is 0 Å². The van der Waals surface area contributed by atoms with E-state index in [1.54, 1.807) is 35.2 Å². The SMILES string of the molecule is COc1ccc(N2CC(C(=O)NCCCNC(=O)c3cccc(O)c3)CC2=O)cc1OC. The van der Waals surface area contributed by atoms with Crippen LogP contribution in [0.25, 0.3) is 0 Å². The topological polar surface area (TPSA) is 117 Å². The van der Waals surface area contributed by atoms with E-state index in [1.807, 2.05) is 0 Å². The van der Waals surface area contributed by atoms with Crippen molar-refractivity contribution in [2.75, 3.05) is 38.8 Å². The minimum atomic E-state index is -0.447. The second kappa shape index (κ2) is 10.5. The summed E-state index contributed by atoms with van der Waals surface area (Å²) in [5.41, 5.74) is 1.02. The molecule has 1 saturated heterocycles. The highest BCUT2D eigenvalue weighted by atomic mass is 16.5. The lowest BCUT2D eigenvalue weighted by Crippen LogP contribution is -2.35. The number of amides is 3. The zero-order valence-electron chi connectivity index (χ0n) is 18.1. The number of phenolic OH excluding ortho intramolecular Hbond substituents is 1. The molecule has 0 aromatic heterocycles. The van der Waals surface area contributed by atoms with Crippen LogP contribution < -0.4 is 25.0 Å². The summed E-state index contributed by atoms with van der Waals surface area (Å²) in [7, 11) is 3.06. The molecule has 1 atom stereocenters. The summed E-state index contributed by atoms with van der Waals surface area (Å²) in [6.45, 7) is 1.03. The van der Waals surface area contributed by atoms with Crippen molar-refractivity contribution >= 4 is 23.4 Å². The summed E-state index contributed by atoms with van der Waals surface area (Å²) in [6.07, 6.45) is 0.671. The Bertz CT molecular complexity index is 993. The minimum Gasteiger partial charge on any atom is -0.508 e. The van der Waals surface area contributed by atoms with Crippen LogP contribution >= 0.6 is 0 Å². The number of benzene rings is 2. The third kappa shape index (κ3) is 5.48. The van der Waals surface area contributed by atoms with Gasteiger partial charge in [-0.3, -0.25) is 14.4 Å². The van der Waals surface area contributed by atoms with Crippen molar-refractivity contribution in [2.24, 2.45) is 5.92 Å². The number of methoxy groups -OCH3 is 2. The van der Waals surface area contributed by atoms with Crippen LogP contribution in [0.2, 0.25) is 0 Å². The van der Waals surface area contributed by atoms with Crippen LogP contribution in [0.1, 0.15) is 23.2 Å². The Hall–Kier alpha value is -3.75. The maximum absolute atomic E-state index is 12.5. The molecule has 2 aromatic carbocycles. The van der Waals surface area contributed by atoms with E-state index in [4.69, 9.17) is 9.47 Å². The molecule has 0 spiro atoms. The smallest absolute Gasteiger partial charge is 0.251 e. The van der Waals surface area contributed by atoms with Crippen molar-refractivity contribution in [3.8, 4) is 17.2 Å². The highest BCUT2D eigenvalue weighted by Gasteiger charge is 2.35. The number of hydrogen-bond donors (Lipinski definition) is 3. The van der Waals surface area contributed by atoms with Crippen molar-refractivity contribution in [2.45, 2.75) is 12.8 Å². The summed E-state index contributed by atoms with van der Waals surface area (Å²) in [5, 5.41) is 15.0. The zero-order valence-corrected chi connectivity index (χ0v) is 18.1. The van der Waals surface area contributed by atoms with Gasteiger partial charge >= 0.3 is 0 Å². The van der Waals surface area contributed by atoms with Gasteiger partial charge in [0.05, 0.1) is 20.1 Å². The monoisotopic (exact) mass is 441 g/mol. The van der Waals surface area contributed by atoms with E-state index < -0.39 is 5.92 Å². The van der Waals surface area contributed by atoms with Gasteiger partial charge in [0.1, 0.15) is 5.75 Å². The lowest BCUT2D eigenvalue weighted by atomic mass is 10.1. The lowest BCUT2D eigenvalue weighted by Gasteiger charge is -2.18. The molecule has 0 bridgehead atoms. The fourth-order valence-corrected chi connectivity index (χ4v) is 3.52. The number of anilines is 1. The molecule has 32 heavy (non-hydrogen) atoms. The molecule has 1 aliphatic rings. The van der Waals surface area contributed by atoms with Gasteiger partial charge in [-0.25, -0.2) is 0 Å². The molecule has 0 radical (unpaired) electrons. The van der Waals surface area contributed by atoms with Gasteiger partial charge in [0.25, 0.3) is 5.91 Å². The third-order valence-corrected chi connectivity index (χ3v) is 5.22. The Labute approximate surface area is 186 Å². The summed E-state index contributed by atoms with van der Waals surface area (Å²) in [5.74, 6) is 0.0398. The molecule has 1 heterocycles. The van der Waals surface area contributed by atoms with E-state index in [9.17, 15) is 19.5 Å². The van der Waals surface area contributed by atoms with Gasteiger partial charge < -0.3 is 30.1 Å². The average Bonchev–Trinajstić information content (AvgIpc) is 3.19.